The molecule has 2 unspecified atom stereocenters. The molecular weight excluding hydrogens is 260 g/mol. The van der Waals surface area contributed by atoms with Gasteiger partial charge in [-0.1, -0.05) is 18.2 Å². The zero-order valence-corrected chi connectivity index (χ0v) is 11.3. The Kier molecular flexibility index (Phi) is 4.57. The number of amides is 1. The third-order valence-corrected chi connectivity index (χ3v) is 3.48. The Labute approximate surface area is 117 Å². The Morgan fingerprint density at radius 1 is 1.35 bits per heavy atom. The highest BCUT2D eigenvalue weighted by Crippen LogP contribution is 2.19. The van der Waals surface area contributed by atoms with E-state index in [1.54, 1.807) is 7.05 Å². The maximum absolute atomic E-state index is 12.1. The number of carbonyl (C=O) groups excluding carboxylic acids is 1. The largest absolute Gasteiger partial charge is 0.481 e. The monoisotopic (exact) mass is 278 g/mol. The lowest BCUT2D eigenvalue weighted by atomic mass is 10.0. The van der Waals surface area contributed by atoms with E-state index in [2.05, 4.69) is 5.32 Å². The predicted octanol–water partition coefficient (Wildman–Crippen LogP) is 0.656. The van der Waals surface area contributed by atoms with Crippen LogP contribution < -0.4 is 5.32 Å². The number of carboxylic acid groups (broad SMARTS) is 1. The SMILES string of the molecule is CN(C(=O)CNc1ccccc1)C1COCC1C(=O)O. The van der Waals surface area contributed by atoms with Gasteiger partial charge in [-0.25, -0.2) is 0 Å². The molecule has 0 saturated carbocycles. The molecule has 6 heteroatoms. The van der Waals surface area contributed by atoms with E-state index in [-0.39, 0.29) is 25.7 Å². The van der Waals surface area contributed by atoms with E-state index < -0.39 is 17.9 Å². The molecule has 1 saturated heterocycles. The van der Waals surface area contributed by atoms with Gasteiger partial charge in [-0.05, 0) is 12.1 Å². The van der Waals surface area contributed by atoms with Crippen LogP contribution in [0.25, 0.3) is 0 Å². The van der Waals surface area contributed by atoms with Gasteiger partial charge in [-0.15, -0.1) is 0 Å². The highest BCUT2D eigenvalue weighted by Gasteiger charge is 2.38. The van der Waals surface area contributed by atoms with Crippen molar-refractivity contribution in [3.8, 4) is 0 Å². The smallest absolute Gasteiger partial charge is 0.311 e. The number of hydrogen-bond donors (Lipinski definition) is 2. The number of hydrogen-bond acceptors (Lipinski definition) is 4. The number of rotatable bonds is 5. The first-order chi connectivity index (χ1) is 9.59. The van der Waals surface area contributed by atoms with Crippen molar-refractivity contribution in [1.29, 1.82) is 0 Å². The Bertz CT molecular complexity index is 477. The van der Waals surface area contributed by atoms with E-state index in [1.165, 1.54) is 4.90 Å². The fraction of sp³-hybridized carbons (Fsp3) is 0.429. The second-order valence-electron chi connectivity index (χ2n) is 4.77. The van der Waals surface area contributed by atoms with Gasteiger partial charge in [0.25, 0.3) is 0 Å². The van der Waals surface area contributed by atoms with E-state index in [9.17, 15) is 9.59 Å². The van der Waals surface area contributed by atoms with E-state index in [4.69, 9.17) is 9.84 Å². The zero-order chi connectivity index (χ0) is 14.5. The third-order valence-electron chi connectivity index (χ3n) is 3.48. The minimum Gasteiger partial charge on any atom is -0.481 e. The van der Waals surface area contributed by atoms with Crippen molar-refractivity contribution in [3.05, 3.63) is 30.3 Å². The molecule has 0 bridgehead atoms. The van der Waals surface area contributed by atoms with Gasteiger partial charge in [0.05, 0.1) is 25.8 Å². The lowest BCUT2D eigenvalue weighted by Gasteiger charge is -2.26. The van der Waals surface area contributed by atoms with Gasteiger partial charge in [-0.3, -0.25) is 9.59 Å². The Hall–Kier alpha value is -2.08. The summed E-state index contributed by atoms with van der Waals surface area (Å²) in [6.45, 7) is 0.553. The van der Waals surface area contributed by atoms with Gasteiger partial charge in [-0.2, -0.15) is 0 Å². The summed E-state index contributed by atoms with van der Waals surface area (Å²) >= 11 is 0. The lowest BCUT2D eigenvalue weighted by molar-refractivity contribution is -0.144. The Balaban J connectivity index is 1.90. The standard InChI is InChI=1S/C14H18N2O4/c1-16(12-9-20-8-11(12)14(18)19)13(17)7-15-10-5-3-2-4-6-10/h2-6,11-12,15H,7-9H2,1H3,(H,18,19). The van der Waals surface area contributed by atoms with Crippen molar-refractivity contribution in [3.63, 3.8) is 0 Å². The molecule has 20 heavy (non-hydrogen) atoms. The van der Waals surface area contributed by atoms with Crippen molar-refractivity contribution in [2.45, 2.75) is 6.04 Å². The molecule has 0 aromatic heterocycles. The number of anilines is 1. The van der Waals surface area contributed by atoms with Gasteiger partial charge >= 0.3 is 5.97 Å². The number of para-hydroxylation sites is 1. The number of carbonyl (C=O) groups is 2. The third kappa shape index (κ3) is 3.27. The normalized spacial score (nSPS) is 21.4. The first kappa shape index (κ1) is 14.3. The van der Waals surface area contributed by atoms with Crippen molar-refractivity contribution in [2.24, 2.45) is 5.92 Å². The average molecular weight is 278 g/mol. The Morgan fingerprint density at radius 3 is 2.70 bits per heavy atom. The molecule has 1 aliphatic heterocycles. The fourth-order valence-corrected chi connectivity index (χ4v) is 2.20. The second kappa shape index (κ2) is 6.38. The number of benzene rings is 1. The van der Waals surface area contributed by atoms with Crippen molar-refractivity contribution < 1.29 is 19.4 Å². The summed E-state index contributed by atoms with van der Waals surface area (Å²) in [5, 5.41) is 12.1. The number of nitrogens with zero attached hydrogens (tertiary/aromatic N) is 1. The molecule has 0 spiro atoms. The summed E-state index contributed by atoms with van der Waals surface area (Å²) in [5.41, 5.74) is 0.853. The molecule has 2 atom stereocenters. The minimum atomic E-state index is -0.928. The predicted molar refractivity (Wildman–Crippen MR) is 73.4 cm³/mol. The molecule has 1 aliphatic rings. The molecule has 2 rings (SSSR count). The van der Waals surface area contributed by atoms with E-state index in [1.807, 2.05) is 30.3 Å². The lowest BCUT2D eigenvalue weighted by Crippen LogP contribution is -2.46. The quantitative estimate of drug-likeness (QED) is 0.827. The van der Waals surface area contributed by atoms with E-state index in [0.717, 1.165) is 5.69 Å². The van der Waals surface area contributed by atoms with Crippen LogP contribution in [-0.2, 0) is 14.3 Å². The summed E-state index contributed by atoms with van der Waals surface area (Å²) in [6.07, 6.45) is 0. The number of likely N-dealkylation sites (N-methyl/N-ethyl adjacent to an activating group) is 1. The number of carboxylic acids is 1. The number of ether oxygens (including phenoxy) is 1. The molecule has 108 valence electrons. The van der Waals surface area contributed by atoms with Crippen molar-refractivity contribution in [2.75, 3.05) is 32.1 Å². The number of nitrogens with one attached hydrogen (secondary N) is 1. The molecule has 6 nitrogen and oxygen atoms in total. The summed E-state index contributed by atoms with van der Waals surface area (Å²) in [5.74, 6) is -1.74. The van der Waals surface area contributed by atoms with Crippen LogP contribution in [0.4, 0.5) is 5.69 Å². The highest BCUT2D eigenvalue weighted by molar-refractivity contribution is 5.82. The molecular formula is C14H18N2O4. The van der Waals surface area contributed by atoms with Gasteiger partial charge in [0.2, 0.25) is 5.91 Å². The van der Waals surface area contributed by atoms with Gasteiger partial charge < -0.3 is 20.1 Å². The van der Waals surface area contributed by atoms with Crippen LogP contribution in [0.2, 0.25) is 0 Å². The molecule has 1 amide bonds. The summed E-state index contributed by atoms with van der Waals surface area (Å²) < 4.78 is 5.17. The summed E-state index contributed by atoms with van der Waals surface area (Å²) in [6, 6.07) is 8.98. The van der Waals surface area contributed by atoms with Gasteiger partial charge in [0, 0.05) is 12.7 Å². The van der Waals surface area contributed by atoms with Crippen LogP contribution >= 0.6 is 0 Å². The van der Waals surface area contributed by atoms with Crippen molar-refractivity contribution >= 4 is 17.6 Å². The van der Waals surface area contributed by atoms with Crippen LogP contribution in [0.15, 0.2) is 30.3 Å². The molecule has 1 aromatic carbocycles. The van der Waals surface area contributed by atoms with Crippen molar-refractivity contribution in [1.82, 2.24) is 4.90 Å². The van der Waals surface area contributed by atoms with Crippen LogP contribution in [0.3, 0.4) is 0 Å². The second-order valence-corrected chi connectivity index (χ2v) is 4.77. The van der Waals surface area contributed by atoms with Gasteiger partial charge in [0.15, 0.2) is 0 Å². The first-order valence-electron chi connectivity index (χ1n) is 6.44. The van der Waals surface area contributed by atoms with Crippen LogP contribution in [0.5, 0.6) is 0 Å². The van der Waals surface area contributed by atoms with Crippen LogP contribution in [-0.4, -0.2) is 54.7 Å². The molecule has 0 radical (unpaired) electrons. The number of aliphatic carboxylic acids is 1. The first-order valence-corrected chi connectivity index (χ1v) is 6.44. The van der Waals surface area contributed by atoms with Crippen LogP contribution in [0, 0.1) is 5.92 Å². The Morgan fingerprint density at radius 2 is 2.05 bits per heavy atom. The van der Waals surface area contributed by atoms with E-state index in [0.29, 0.717) is 0 Å². The molecule has 1 heterocycles. The summed E-state index contributed by atoms with van der Waals surface area (Å²) in [7, 11) is 1.62. The molecule has 1 fully saturated rings. The zero-order valence-electron chi connectivity index (χ0n) is 11.3. The van der Waals surface area contributed by atoms with E-state index >= 15 is 0 Å². The topological polar surface area (TPSA) is 78.9 Å². The maximum Gasteiger partial charge on any atom is 0.311 e. The fourth-order valence-electron chi connectivity index (χ4n) is 2.20. The molecule has 1 aromatic rings. The highest BCUT2D eigenvalue weighted by atomic mass is 16.5. The molecule has 0 aliphatic carbocycles. The van der Waals surface area contributed by atoms with Crippen LogP contribution in [0.1, 0.15) is 0 Å². The summed E-state index contributed by atoms with van der Waals surface area (Å²) in [4.78, 5) is 24.6. The molecule has 2 N–H and O–H groups in total. The average Bonchev–Trinajstić information content (AvgIpc) is 2.94. The maximum atomic E-state index is 12.1. The van der Waals surface area contributed by atoms with Gasteiger partial charge in [0.1, 0.15) is 5.92 Å². The minimum absolute atomic E-state index is 0.128.